The van der Waals surface area contributed by atoms with Crippen LogP contribution >= 0.6 is 0 Å². The van der Waals surface area contributed by atoms with Crippen LogP contribution in [-0.2, 0) is 9.53 Å². The number of anilines is 1. The van der Waals surface area contributed by atoms with Crippen molar-refractivity contribution in [1.82, 2.24) is 9.80 Å². The van der Waals surface area contributed by atoms with E-state index in [1.807, 2.05) is 24.3 Å². The summed E-state index contributed by atoms with van der Waals surface area (Å²) in [6.07, 6.45) is 1.51. The van der Waals surface area contributed by atoms with Crippen LogP contribution in [0.1, 0.15) is 12.8 Å². The predicted molar refractivity (Wildman–Crippen MR) is 91.8 cm³/mol. The van der Waals surface area contributed by atoms with Gasteiger partial charge in [-0.05, 0) is 31.5 Å². The molecule has 7 heteroatoms. The van der Waals surface area contributed by atoms with Gasteiger partial charge < -0.3 is 19.3 Å². The molecule has 134 valence electrons. The maximum atomic E-state index is 12.9. The highest BCUT2D eigenvalue weighted by Crippen LogP contribution is 2.33. The fourth-order valence-electron chi connectivity index (χ4n) is 4.04. The number of hydrogen-bond donors (Lipinski definition) is 0. The second-order valence-corrected chi connectivity index (χ2v) is 7.08. The number of hydrogen-bond acceptors (Lipinski definition) is 5. The second-order valence-electron chi connectivity index (χ2n) is 7.08. The van der Waals surface area contributed by atoms with Crippen molar-refractivity contribution in [1.29, 1.82) is 0 Å². The number of likely N-dealkylation sites (tertiary alicyclic amines) is 1. The van der Waals surface area contributed by atoms with Crippen molar-refractivity contribution in [2.75, 3.05) is 51.3 Å². The van der Waals surface area contributed by atoms with Crippen LogP contribution in [0.15, 0.2) is 24.3 Å². The molecular formula is C18H23N3O4. The summed E-state index contributed by atoms with van der Waals surface area (Å²) in [5.74, 6) is 0.814. The molecule has 3 aliphatic rings. The molecule has 0 saturated carbocycles. The number of likely N-dealkylation sites (N-methyl/N-ethyl adjacent to an activating group) is 1. The molecule has 0 N–H and O–H groups in total. The van der Waals surface area contributed by atoms with Gasteiger partial charge in [-0.25, -0.2) is 4.79 Å². The molecule has 0 bridgehead atoms. The molecule has 3 heterocycles. The van der Waals surface area contributed by atoms with Gasteiger partial charge in [0.25, 0.3) is 0 Å². The van der Waals surface area contributed by atoms with E-state index in [0.717, 1.165) is 30.8 Å². The third kappa shape index (κ3) is 3.04. The van der Waals surface area contributed by atoms with Gasteiger partial charge in [0.15, 0.2) is 0 Å². The SMILES string of the molecule is CN1C[C@@]2(CCCN(CC(=O)N3CCOc4ccccc43)C2)OC1=O. The number of benzene rings is 1. The molecule has 0 unspecified atom stereocenters. The van der Waals surface area contributed by atoms with Gasteiger partial charge in [-0.1, -0.05) is 12.1 Å². The smallest absolute Gasteiger partial charge is 0.410 e. The predicted octanol–water partition coefficient (Wildman–Crippen LogP) is 1.33. The maximum Gasteiger partial charge on any atom is 0.410 e. The molecule has 25 heavy (non-hydrogen) atoms. The number of carbonyl (C=O) groups excluding carboxylic acids is 2. The molecule has 1 aromatic rings. The van der Waals surface area contributed by atoms with Crippen molar-refractivity contribution in [3.63, 3.8) is 0 Å². The van der Waals surface area contributed by atoms with Gasteiger partial charge in [-0.2, -0.15) is 0 Å². The van der Waals surface area contributed by atoms with Crippen LogP contribution in [0.3, 0.4) is 0 Å². The Morgan fingerprint density at radius 3 is 2.88 bits per heavy atom. The molecule has 2 amide bonds. The molecule has 4 rings (SSSR count). The molecule has 3 aliphatic heterocycles. The Labute approximate surface area is 147 Å². The first-order valence-electron chi connectivity index (χ1n) is 8.75. The number of fused-ring (bicyclic) bond motifs is 1. The average molecular weight is 345 g/mol. The summed E-state index contributed by atoms with van der Waals surface area (Å²) in [6.45, 7) is 3.46. The van der Waals surface area contributed by atoms with E-state index in [4.69, 9.17) is 9.47 Å². The van der Waals surface area contributed by atoms with E-state index in [0.29, 0.717) is 32.8 Å². The summed E-state index contributed by atoms with van der Waals surface area (Å²) >= 11 is 0. The molecule has 7 nitrogen and oxygen atoms in total. The molecule has 2 saturated heterocycles. The second kappa shape index (κ2) is 6.22. The molecule has 0 aromatic heterocycles. The van der Waals surface area contributed by atoms with Crippen molar-refractivity contribution in [2.45, 2.75) is 18.4 Å². The van der Waals surface area contributed by atoms with E-state index in [-0.39, 0.29) is 12.0 Å². The first-order valence-corrected chi connectivity index (χ1v) is 8.75. The molecular weight excluding hydrogens is 322 g/mol. The topological polar surface area (TPSA) is 62.3 Å². The van der Waals surface area contributed by atoms with Gasteiger partial charge in [0.05, 0.1) is 25.3 Å². The zero-order chi connectivity index (χ0) is 17.4. The Hall–Kier alpha value is -2.28. The zero-order valence-corrected chi connectivity index (χ0v) is 14.4. The highest BCUT2D eigenvalue weighted by molar-refractivity contribution is 5.96. The Balaban J connectivity index is 1.44. The van der Waals surface area contributed by atoms with E-state index in [2.05, 4.69) is 4.90 Å². The van der Waals surface area contributed by atoms with E-state index in [1.54, 1.807) is 16.8 Å². The van der Waals surface area contributed by atoms with Gasteiger partial charge in [0.2, 0.25) is 5.91 Å². The molecule has 0 radical (unpaired) electrons. The normalized spacial score (nSPS) is 26.4. The maximum absolute atomic E-state index is 12.9. The van der Waals surface area contributed by atoms with E-state index in [9.17, 15) is 9.59 Å². The number of amides is 2. The van der Waals surface area contributed by atoms with Crippen LogP contribution in [0.4, 0.5) is 10.5 Å². The van der Waals surface area contributed by atoms with Crippen LogP contribution in [0.5, 0.6) is 5.75 Å². The summed E-state index contributed by atoms with van der Waals surface area (Å²) in [5.41, 5.74) is 0.366. The van der Waals surface area contributed by atoms with Crippen molar-refractivity contribution in [2.24, 2.45) is 0 Å². The quantitative estimate of drug-likeness (QED) is 0.809. The molecule has 1 aromatic carbocycles. The van der Waals surface area contributed by atoms with Crippen molar-refractivity contribution < 1.29 is 19.1 Å². The van der Waals surface area contributed by atoms with E-state index in [1.165, 1.54) is 0 Å². The lowest BCUT2D eigenvalue weighted by Crippen LogP contribution is -2.53. The lowest BCUT2D eigenvalue weighted by molar-refractivity contribution is -0.121. The lowest BCUT2D eigenvalue weighted by Gasteiger charge is -2.39. The summed E-state index contributed by atoms with van der Waals surface area (Å²) in [6, 6.07) is 7.62. The molecule has 0 aliphatic carbocycles. The molecule has 1 spiro atoms. The number of ether oxygens (including phenoxy) is 2. The summed E-state index contributed by atoms with van der Waals surface area (Å²) < 4.78 is 11.2. The van der Waals surface area contributed by atoms with Crippen molar-refractivity contribution in [3.05, 3.63) is 24.3 Å². The number of piperidine rings is 1. The van der Waals surface area contributed by atoms with Crippen LogP contribution in [-0.4, -0.2) is 73.8 Å². The minimum Gasteiger partial charge on any atom is -0.490 e. The van der Waals surface area contributed by atoms with Gasteiger partial charge in [-0.15, -0.1) is 0 Å². The minimum absolute atomic E-state index is 0.0606. The first kappa shape index (κ1) is 16.2. The third-order valence-electron chi connectivity index (χ3n) is 5.15. The number of para-hydroxylation sites is 2. The third-order valence-corrected chi connectivity index (χ3v) is 5.15. The Bertz CT molecular complexity index is 695. The van der Waals surface area contributed by atoms with Gasteiger partial charge in [-0.3, -0.25) is 9.69 Å². The average Bonchev–Trinajstić information content (AvgIpc) is 2.87. The van der Waals surface area contributed by atoms with Gasteiger partial charge >= 0.3 is 6.09 Å². The number of nitrogens with zero attached hydrogens (tertiary/aromatic N) is 3. The Morgan fingerprint density at radius 2 is 2.08 bits per heavy atom. The Morgan fingerprint density at radius 1 is 1.24 bits per heavy atom. The van der Waals surface area contributed by atoms with Crippen molar-refractivity contribution in [3.8, 4) is 5.75 Å². The van der Waals surface area contributed by atoms with Crippen LogP contribution in [0, 0.1) is 0 Å². The van der Waals surface area contributed by atoms with E-state index < -0.39 is 5.60 Å². The lowest BCUT2D eigenvalue weighted by atomic mass is 9.93. The van der Waals surface area contributed by atoms with Gasteiger partial charge in [0, 0.05) is 13.6 Å². The first-order chi connectivity index (χ1) is 12.1. The van der Waals surface area contributed by atoms with E-state index >= 15 is 0 Å². The zero-order valence-electron chi connectivity index (χ0n) is 14.4. The Kier molecular flexibility index (Phi) is 4.03. The largest absolute Gasteiger partial charge is 0.490 e. The standard InChI is InChI=1S/C18H23N3O4/c1-19-12-18(25-17(19)23)7-4-8-20(13-18)11-16(22)21-9-10-24-15-6-3-2-5-14(15)21/h2-3,5-6H,4,7-13H2,1H3/t18-/m1/s1. The highest BCUT2D eigenvalue weighted by Gasteiger charge is 2.46. The fraction of sp³-hybridized carbons (Fsp3) is 0.556. The van der Waals surface area contributed by atoms with Crippen LogP contribution in [0.25, 0.3) is 0 Å². The van der Waals surface area contributed by atoms with Crippen LogP contribution < -0.4 is 9.64 Å². The number of rotatable bonds is 2. The summed E-state index contributed by atoms with van der Waals surface area (Å²) in [7, 11) is 1.76. The monoisotopic (exact) mass is 345 g/mol. The summed E-state index contributed by atoms with van der Waals surface area (Å²) in [4.78, 5) is 30.1. The van der Waals surface area contributed by atoms with Crippen molar-refractivity contribution >= 4 is 17.7 Å². The number of carbonyl (C=O) groups is 2. The summed E-state index contributed by atoms with van der Waals surface area (Å²) in [5, 5.41) is 0. The molecule has 1 atom stereocenters. The fourth-order valence-corrected chi connectivity index (χ4v) is 4.04. The molecule has 2 fully saturated rings. The van der Waals surface area contributed by atoms with Crippen LogP contribution in [0.2, 0.25) is 0 Å². The minimum atomic E-state index is -0.465. The van der Waals surface area contributed by atoms with Gasteiger partial charge in [0.1, 0.15) is 18.0 Å². The highest BCUT2D eigenvalue weighted by atomic mass is 16.6.